The van der Waals surface area contributed by atoms with Gasteiger partial charge in [-0.1, -0.05) is 178 Å². The lowest BCUT2D eigenvalue weighted by Crippen LogP contribution is -2.41. The van der Waals surface area contributed by atoms with E-state index in [-0.39, 0.29) is 27.1 Å². The number of allylic oxidation sites excluding steroid dienone is 10. The van der Waals surface area contributed by atoms with Crippen molar-refractivity contribution in [3.63, 3.8) is 0 Å². The number of rotatable bonds is 7. The first-order chi connectivity index (χ1) is 31.4. The zero-order chi connectivity index (χ0) is 48.3. The van der Waals surface area contributed by atoms with Crippen LogP contribution in [-0.2, 0) is 27.1 Å². The Balaban J connectivity index is 1.35. The molecule has 0 aromatic heterocycles. The number of fused-ring (bicyclic) bond motifs is 5. The molecule has 0 bridgehead atoms. The molecule has 2 heteroatoms. The van der Waals surface area contributed by atoms with Gasteiger partial charge in [-0.05, 0) is 185 Å². The molecule has 1 aliphatic heterocycles. The van der Waals surface area contributed by atoms with Crippen molar-refractivity contribution in [2.45, 2.75) is 170 Å². The average molecular weight is 884 g/mol. The minimum absolute atomic E-state index is 0.0323. The Hall–Kier alpha value is -5.08. The Bertz CT molecular complexity index is 2950. The number of benzene rings is 4. The molecule has 0 amide bonds. The van der Waals surface area contributed by atoms with Crippen LogP contribution in [0.15, 0.2) is 125 Å². The van der Waals surface area contributed by atoms with E-state index >= 15 is 0 Å². The molecular weight excluding hydrogens is 806 g/mol. The molecule has 4 aromatic rings. The van der Waals surface area contributed by atoms with Crippen LogP contribution in [0.2, 0.25) is 0 Å². The maximum Gasteiger partial charge on any atom is 0.194 e. The van der Waals surface area contributed by atoms with E-state index in [1.54, 1.807) is 0 Å². The molecule has 4 aromatic carbocycles. The van der Waals surface area contributed by atoms with Crippen LogP contribution in [-0.4, -0.2) is 7.28 Å². The zero-order valence-corrected chi connectivity index (χ0v) is 44.2. The van der Waals surface area contributed by atoms with E-state index in [0.717, 1.165) is 26.5 Å². The normalized spacial score (nSPS) is 21.6. The molecule has 1 heterocycles. The number of anilines is 2. The standard InChI is InChI=1S/C65H78BN/c1-18-44-34-45(24-20-22-25-47(39(2)3)49-33-40(4)27-28-42(49)6)57-59(56(44)48-26-21-19-23-41(48)5)67(46-29-30-51-53(35-46)63(12,13)38-43(7)64(51,14)15)58-50-36-54-55(62(10,11)32-31-61(54,8)9)37-52(50)65(16,17)60(58)66-57/h18-26,29-30,33-37,43,66H,1,27-28,31-32,38H2,2-17H3/b24-20+,25-22-. The topological polar surface area (TPSA) is 3.24 Å². The largest absolute Gasteiger partial charge is 0.311 e. The number of hydrogen-bond donors (Lipinski definition) is 0. The molecule has 0 radical (unpaired) electrons. The molecule has 0 saturated heterocycles. The smallest absolute Gasteiger partial charge is 0.194 e. The highest BCUT2D eigenvalue weighted by atomic mass is 15.2. The highest BCUT2D eigenvalue weighted by molar-refractivity contribution is 6.68. The van der Waals surface area contributed by atoms with Crippen molar-refractivity contribution >= 4 is 42.0 Å². The maximum atomic E-state index is 4.56. The second kappa shape index (κ2) is 16.3. The van der Waals surface area contributed by atoms with Gasteiger partial charge in [-0.3, -0.25) is 0 Å². The quantitative estimate of drug-likeness (QED) is 0.132. The summed E-state index contributed by atoms with van der Waals surface area (Å²) in [4.78, 5) is 2.76. The predicted octanol–water partition coefficient (Wildman–Crippen LogP) is 17.1. The first-order valence-electron chi connectivity index (χ1n) is 25.6. The van der Waals surface area contributed by atoms with Gasteiger partial charge >= 0.3 is 0 Å². The molecule has 1 unspecified atom stereocenters. The second-order valence-corrected chi connectivity index (χ2v) is 24.7. The fraction of sp³-hybridized carbons (Fsp3) is 0.415. The molecule has 1 nitrogen and oxygen atoms in total. The van der Waals surface area contributed by atoms with Crippen LogP contribution in [0.25, 0.3) is 29.0 Å². The summed E-state index contributed by atoms with van der Waals surface area (Å²) in [6.07, 6.45) is 19.7. The molecule has 67 heavy (non-hydrogen) atoms. The third-order valence-electron chi connectivity index (χ3n) is 17.8. The molecule has 9 rings (SSSR count). The van der Waals surface area contributed by atoms with Crippen LogP contribution in [0.4, 0.5) is 11.4 Å². The number of nitrogens with zero attached hydrogens (tertiary/aromatic N) is 1. The number of hydrogen-bond acceptors (Lipinski definition) is 1. The molecule has 4 aliphatic carbocycles. The van der Waals surface area contributed by atoms with Crippen molar-refractivity contribution in [3.05, 3.63) is 175 Å². The van der Waals surface area contributed by atoms with Gasteiger partial charge in [0.2, 0.25) is 0 Å². The van der Waals surface area contributed by atoms with Gasteiger partial charge in [0.05, 0.1) is 0 Å². The SMILES string of the molecule is C=Cc1cc(/C=C/C=C\C(=C(C)C)C2=C(C)CCC(C)=C2)c2c(c1-c1ccccc1C)N(c1ccc3c(c1)C(C)(C)CC(C)C3(C)C)C1=C(B2)C(C)(C)c2cc3c(cc21)C(C)(C)CCC3(C)C. The van der Waals surface area contributed by atoms with Crippen molar-refractivity contribution < 1.29 is 0 Å². The van der Waals surface area contributed by atoms with E-state index in [0.29, 0.717) is 5.92 Å². The van der Waals surface area contributed by atoms with Gasteiger partial charge in [-0.2, -0.15) is 0 Å². The van der Waals surface area contributed by atoms with E-state index in [2.05, 4.69) is 219 Å². The lowest BCUT2D eigenvalue weighted by molar-refractivity contribution is 0.233. The third-order valence-corrected chi connectivity index (χ3v) is 17.8. The van der Waals surface area contributed by atoms with Crippen LogP contribution in [0, 0.1) is 12.8 Å². The van der Waals surface area contributed by atoms with Crippen LogP contribution >= 0.6 is 0 Å². The van der Waals surface area contributed by atoms with Crippen LogP contribution in [0.1, 0.15) is 186 Å². The predicted molar refractivity (Wildman–Crippen MR) is 296 cm³/mol. The van der Waals surface area contributed by atoms with Gasteiger partial charge in [0.15, 0.2) is 7.28 Å². The highest BCUT2D eigenvalue weighted by Crippen LogP contribution is 2.59. The molecule has 0 spiro atoms. The number of aryl methyl sites for hydroxylation is 1. The first kappa shape index (κ1) is 47.0. The Morgan fingerprint density at radius 2 is 1.39 bits per heavy atom. The van der Waals surface area contributed by atoms with Crippen LogP contribution < -0.4 is 10.4 Å². The van der Waals surface area contributed by atoms with Gasteiger partial charge in [-0.25, -0.2) is 0 Å². The molecule has 0 fully saturated rings. The summed E-state index contributed by atoms with van der Waals surface area (Å²) in [7, 11) is 0.871. The van der Waals surface area contributed by atoms with E-state index in [9.17, 15) is 0 Å². The van der Waals surface area contributed by atoms with E-state index in [1.165, 1.54) is 130 Å². The Morgan fingerprint density at radius 1 is 0.716 bits per heavy atom. The zero-order valence-electron chi connectivity index (χ0n) is 44.2. The lowest BCUT2D eigenvalue weighted by atomic mass is 9.51. The van der Waals surface area contributed by atoms with E-state index < -0.39 is 0 Å². The Kier molecular flexibility index (Phi) is 11.4. The van der Waals surface area contributed by atoms with Crippen LogP contribution in [0.5, 0.6) is 0 Å². The summed E-state index contributed by atoms with van der Waals surface area (Å²) in [5.41, 5.74) is 29.1. The lowest BCUT2D eigenvalue weighted by Gasteiger charge is -2.47. The molecule has 1 atom stereocenters. The van der Waals surface area contributed by atoms with Crippen molar-refractivity contribution in [1.29, 1.82) is 0 Å². The van der Waals surface area contributed by atoms with Gasteiger partial charge in [0, 0.05) is 33.6 Å². The monoisotopic (exact) mass is 884 g/mol. The van der Waals surface area contributed by atoms with Gasteiger partial charge < -0.3 is 4.90 Å². The molecule has 5 aliphatic rings. The Labute approximate surface area is 406 Å². The van der Waals surface area contributed by atoms with Crippen molar-refractivity contribution in [2.24, 2.45) is 5.92 Å². The summed E-state index contributed by atoms with van der Waals surface area (Å²) < 4.78 is 0. The van der Waals surface area contributed by atoms with Crippen LogP contribution in [0.3, 0.4) is 0 Å². The van der Waals surface area contributed by atoms with Gasteiger partial charge in [-0.15, -0.1) is 0 Å². The summed E-state index contributed by atoms with van der Waals surface area (Å²) >= 11 is 0. The second-order valence-electron chi connectivity index (χ2n) is 24.7. The Morgan fingerprint density at radius 3 is 2.06 bits per heavy atom. The fourth-order valence-electron chi connectivity index (χ4n) is 13.0. The molecule has 346 valence electrons. The summed E-state index contributed by atoms with van der Waals surface area (Å²) in [5, 5.41) is 0. The van der Waals surface area contributed by atoms with Gasteiger partial charge in [0.1, 0.15) is 0 Å². The van der Waals surface area contributed by atoms with Crippen molar-refractivity contribution in [3.8, 4) is 11.1 Å². The minimum atomic E-state index is -0.186. The summed E-state index contributed by atoms with van der Waals surface area (Å²) in [6.45, 7) is 43.2. The molecular formula is C65H78BN. The summed E-state index contributed by atoms with van der Waals surface area (Å²) in [5.74, 6) is 0.579. The van der Waals surface area contributed by atoms with Crippen molar-refractivity contribution in [1.82, 2.24) is 0 Å². The fourth-order valence-corrected chi connectivity index (χ4v) is 13.0. The minimum Gasteiger partial charge on any atom is -0.311 e. The van der Waals surface area contributed by atoms with Gasteiger partial charge in [0.25, 0.3) is 0 Å². The third kappa shape index (κ3) is 7.59. The summed E-state index contributed by atoms with van der Waals surface area (Å²) in [6, 6.07) is 24.4. The molecule has 0 saturated carbocycles. The van der Waals surface area contributed by atoms with Crippen molar-refractivity contribution in [2.75, 3.05) is 4.90 Å². The highest BCUT2D eigenvalue weighted by Gasteiger charge is 2.49. The average Bonchev–Trinajstić information content (AvgIpc) is 3.49. The molecule has 0 N–H and O–H groups in total. The maximum absolute atomic E-state index is 4.56. The first-order valence-corrected chi connectivity index (χ1v) is 25.6. The van der Waals surface area contributed by atoms with E-state index in [1.807, 2.05) is 0 Å². The van der Waals surface area contributed by atoms with E-state index in [4.69, 9.17) is 0 Å².